The molecule has 0 atom stereocenters. The number of carboxylic acids is 1. The zero-order chi connectivity index (χ0) is 26.2. The molecular weight excluding hydrogens is 464 g/mol. The molecule has 0 aromatic heterocycles. The Bertz CT molecular complexity index is 1420. The van der Waals surface area contributed by atoms with E-state index in [2.05, 4.69) is 19.1 Å². The molecule has 0 heterocycles. The molecular formula is C32H26O5. The summed E-state index contributed by atoms with van der Waals surface area (Å²) in [5, 5.41) is 8.92. The van der Waals surface area contributed by atoms with Gasteiger partial charge in [-0.15, -0.1) is 0 Å². The minimum Gasteiger partial charge on any atom is -0.475 e. The monoisotopic (exact) mass is 490 g/mol. The van der Waals surface area contributed by atoms with Crippen LogP contribution in [0.15, 0.2) is 109 Å². The summed E-state index contributed by atoms with van der Waals surface area (Å²) in [6.45, 7) is 2.10. The second kappa shape index (κ2) is 11.8. The first-order valence-electron chi connectivity index (χ1n) is 12.0. The van der Waals surface area contributed by atoms with Gasteiger partial charge in [0.2, 0.25) is 5.78 Å². The number of ether oxygens (including phenoxy) is 1. The Morgan fingerprint density at radius 2 is 1.16 bits per heavy atom. The van der Waals surface area contributed by atoms with E-state index in [9.17, 15) is 14.4 Å². The summed E-state index contributed by atoms with van der Waals surface area (Å²) in [7, 11) is 0. The number of carboxylic acid groups (broad SMARTS) is 1. The van der Waals surface area contributed by atoms with Crippen LogP contribution >= 0.6 is 0 Å². The lowest BCUT2D eigenvalue weighted by Gasteiger charge is -2.17. The van der Waals surface area contributed by atoms with Crippen LogP contribution < -0.4 is 4.74 Å². The molecule has 4 aromatic rings. The number of benzene rings is 4. The molecule has 0 saturated heterocycles. The van der Waals surface area contributed by atoms with Gasteiger partial charge in [0.15, 0.2) is 0 Å². The molecule has 4 rings (SSSR count). The number of rotatable bonds is 9. The highest BCUT2D eigenvalue weighted by atomic mass is 16.5. The van der Waals surface area contributed by atoms with E-state index in [0.717, 1.165) is 34.3 Å². The van der Waals surface area contributed by atoms with Crippen molar-refractivity contribution in [2.24, 2.45) is 0 Å². The van der Waals surface area contributed by atoms with E-state index in [0.29, 0.717) is 16.9 Å². The Labute approximate surface area is 215 Å². The third kappa shape index (κ3) is 6.27. The Hall–Kier alpha value is -4.77. The van der Waals surface area contributed by atoms with Gasteiger partial charge in [-0.25, -0.2) is 9.59 Å². The van der Waals surface area contributed by atoms with Gasteiger partial charge in [0.1, 0.15) is 5.75 Å². The van der Waals surface area contributed by atoms with E-state index >= 15 is 0 Å². The molecule has 0 bridgehead atoms. The smallest absolute Gasteiger partial charge is 0.372 e. The van der Waals surface area contributed by atoms with Crippen LogP contribution in [0.4, 0.5) is 0 Å². The average molecular weight is 491 g/mol. The molecule has 184 valence electrons. The van der Waals surface area contributed by atoms with Crippen molar-refractivity contribution in [3.8, 4) is 5.75 Å². The van der Waals surface area contributed by atoms with Crippen LogP contribution in [0.3, 0.4) is 0 Å². The minimum absolute atomic E-state index is 0.157. The molecule has 0 saturated carbocycles. The normalized spacial score (nSPS) is 11.4. The molecule has 0 fully saturated rings. The van der Waals surface area contributed by atoms with Crippen LogP contribution in [0, 0.1) is 0 Å². The van der Waals surface area contributed by atoms with E-state index in [1.807, 2.05) is 48.5 Å². The zero-order valence-electron chi connectivity index (χ0n) is 20.4. The fourth-order valence-corrected chi connectivity index (χ4v) is 4.16. The van der Waals surface area contributed by atoms with Gasteiger partial charge < -0.3 is 9.84 Å². The standard InChI is InChI=1S/C32H26O5/c1-2-28(23-9-5-3-6-10-23)30(24-15-13-22(14-16-24)21-29(33)31(34)35)25-17-19-27(20-18-25)37-32(36)26-11-7-4-8-12-26/h3-20H,2,21H2,1H3,(H,34,35)/b30-28+. The lowest BCUT2D eigenvalue weighted by Crippen LogP contribution is -2.14. The van der Waals surface area contributed by atoms with Crippen molar-refractivity contribution in [2.45, 2.75) is 19.8 Å². The third-order valence-corrected chi connectivity index (χ3v) is 5.99. The molecule has 0 amide bonds. The van der Waals surface area contributed by atoms with Crippen molar-refractivity contribution in [2.75, 3.05) is 0 Å². The molecule has 5 heteroatoms. The van der Waals surface area contributed by atoms with Crippen molar-refractivity contribution in [3.05, 3.63) is 137 Å². The maximum atomic E-state index is 12.5. The summed E-state index contributed by atoms with van der Waals surface area (Å²) in [6.07, 6.45) is 0.610. The lowest BCUT2D eigenvalue weighted by atomic mass is 9.87. The highest BCUT2D eigenvalue weighted by molar-refractivity contribution is 6.33. The summed E-state index contributed by atoms with van der Waals surface area (Å²) in [4.78, 5) is 35.0. The second-order valence-corrected chi connectivity index (χ2v) is 8.46. The number of allylic oxidation sites excluding steroid dienone is 1. The summed E-state index contributed by atoms with van der Waals surface area (Å²) < 4.78 is 5.55. The summed E-state index contributed by atoms with van der Waals surface area (Å²) in [5.41, 5.74) is 6.21. The first-order valence-corrected chi connectivity index (χ1v) is 12.0. The number of carbonyl (C=O) groups is 3. The zero-order valence-corrected chi connectivity index (χ0v) is 20.4. The van der Waals surface area contributed by atoms with E-state index in [1.54, 1.807) is 48.5 Å². The summed E-state index contributed by atoms with van der Waals surface area (Å²) in [6, 6.07) is 33.7. The van der Waals surface area contributed by atoms with Gasteiger partial charge in [-0.1, -0.05) is 91.9 Å². The fraction of sp³-hybridized carbons (Fsp3) is 0.0938. The summed E-state index contributed by atoms with van der Waals surface area (Å²) in [5.74, 6) is -2.26. The summed E-state index contributed by atoms with van der Waals surface area (Å²) >= 11 is 0. The maximum Gasteiger partial charge on any atom is 0.372 e. The number of esters is 1. The largest absolute Gasteiger partial charge is 0.475 e. The Balaban J connectivity index is 1.70. The molecule has 1 N–H and O–H groups in total. The average Bonchev–Trinajstić information content (AvgIpc) is 2.93. The van der Waals surface area contributed by atoms with Gasteiger partial charge >= 0.3 is 11.9 Å². The van der Waals surface area contributed by atoms with Gasteiger partial charge in [-0.3, -0.25) is 4.79 Å². The van der Waals surface area contributed by atoms with Gasteiger partial charge in [-0.2, -0.15) is 0 Å². The molecule has 0 aliphatic rings. The van der Waals surface area contributed by atoms with E-state index < -0.39 is 17.7 Å². The van der Waals surface area contributed by atoms with Gasteiger partial charge in [0.25, 0.3) is 0 Å². The fourth-order valence-electron chi connectivity index (χ4n) is 4.16. The number of hydrogen-bond acceptors (Lipinski definition) is 4. The molecule has 0 unspecified atom stereocenters. The number of Topliss-reactive ketones (excluding diaryl/α,β-unsaturated/α-hetero) is 1. The van der Waals surface area contributed by atoms with E-state index in [-0.39, 0.29) is 6.42 Å². The predicted octanol–water partition coefficient (Wildman–Crippen LogP) is 6.47. The van der Waals surface area contributed by atoms with Crippen LogP contribution in [-0.2, 0) is 16.0 Å². The van der Waals surface area contributed by atoms with Gasteiger partial charge in [0.05, 0.1) is 5.56 Å². The van der Waals surface area contributed by atoms with Crippen molar-refractivity contribution in [1.82, 2.24) is 0 Å². The maximum absolute atomic E-state index is 12.5. The Kier molecular flexibility index (Phi) is 8.06. The number of ketones is 1. The first-order chi connectivity index (χ1) is 18.0. The molecule has 0 spiro atoms. The number of hydrogen-bond donors (Lipinski definition) is 1. The van der Waals surface area contributed by atoms with Crippen LogP contribution in [0.2, 0.25) is 0 Å². The number of carbonyl (C=O) groups excluding carboxylic acids is 2. The Morgan fingerprint density at radius 1 is 0.649 bits per heavy atom. The van der Waals surface area contributed by atoms with Crippen molar-refractivity contribution in [3.63, 3.8) is 0 Å². The van der Waals surface area contributed by atoms with Crippen LogP contribution in [0.5, 0.6) is 5.75 Å². The van der Waals surface area contributed by atoms with Crippen LogP contribution in [0.1, 0.15) is 46.0 Å². The number of aliphatic carboxylic acids is 1. The molecule has 0 aliphatic heterocycles. The highest BCUT2D eigenvalue weighted by Gasteiger charge is 2.16. The SMILES string of the molecule is CC/C(=C(/c1ccc(CC(=O)C(=O)O)cc1)c1ccc(OC(=O)c2ccccc2)cc1)c1ccccc1. The van der Waals surface area contributed by atoms with Gasteiger partial charge in [0, 0.05) is 6.42 Å². The van der Waals surface area contributed by atoms with E-state index in [1.165, 1.54) is 0 Å². The third-order valence-electron chi connectivity index (χ3n) is 5.99. The van der Waals surface area contributed by atoms with Gasteiger partial charge in [-0.05, 0) is 64.1 Å². The molecule has 4 aromatic carbocycles. The highest BCUT2D eigenvalue weighted by Crippen LogP contribution is 2.35. The molecule has 5 nitrogen and oxygen atoms in total. The lowest BCUT2D eigenvalue weighted by molar-refractivity contribution is -0.148. The molecule has 37 heavy (non-hydrogen) atoms. The predicted molar refractivity (Wildman–Crippen MR) is 143 cm³/mol. The molecule has 0 aliphatic carbocycles. The van der Waals surface area contributed by atoms with Crippen molar-refractivity contribution < 1.29 is 24.2 Å². The van der Waals surface area contributed by atoms with E-state index in [4.69, 9.17) is 9.84 Å². The van der Waals surface area contributed by atoms with Crippen LogP contribution in [0.25, 0.3) is 11.1 Å². The minimum atomic E-state index is -1.44. The Morgan fingerprint density at radius 3 is 1.68 bits per heavy atom. The quantitative estimate of drug-likeness (QED) is 0.126. The van der Waals surface area contributed by atoms with Crippen molar-refractivity contribution in [1.29, 1.82) is 0 Å². The van der Waals surface area contributed by atoms with Crippen molar-refractivity contribution >= 4 is 28.9 Å². The van der Waals surface area contributed by atoms with Crippen LogP contribution in [-0.4, -0.2) is 22.8 Å². The molecule has 0 radical (unpaired) electrons. The topological polar surface area (TPSA) is 80.7 Å². The second-order valence-electron chi connectivity index (χ2n) is 8.46. The first kappa shape index (κ1) is 25.3.